The molecule has 0 bridgehead atoms. The molecule has 0 heterocycles. The average Bonchev–Trinajstić information content (AvgIpc) is 2.96. The maximum absolute atomic E-state index is 14.3. The van der Waals surface area contributed by atoms with Gasteiger partial charge in [-0.25, -0.2) is 0 Å². The summed E-state index contributed by atoms with van der Waals surface area (Å²) in [6, 6.07) is 26.3. The van der Waals surface area contributed by atoms with Gasteiger partial charge in [-0.15, -0.1) is 0 Å². The van der Waals surface area contributed by atoms with Gasteiger partial charge in [-0.3, -0.25) is 9.59 Å². The van der Waals surface area contributed by atoms with Crippen molar-refractivity contribution in [1.29, 1.82) is 0 Å². The fourth-order valence-corrected chi connectivity index (χ4v) is 6.20. The molecule has 1 N–H and O–H groups in total. The van der Waals surface area contributed by atoms with Crippen LogP contribution < -0.4 is 10.1 Å². The van der Waals surface area contributed by atoms with E-state index in [9.17, 15) is 9.59 Å². The number of para-hydroxylation sites is 2. The van der Waals surface area contributed by atoms with Crippen molar-refractivity contribution in [2.75, 3.05) is 11.9 Å². The van der Waals surface area contributed by atoms with Crippen molar-refractivity contribution in [1.82, 2.24) is 0 Å². The summed E-state index contributed by atoms with van der Waals surface area (Å²) in [5.74, 6) is 0.706. The number of anilines is 1. The molecule has 0 radical (unpaired) electrons. The predicted octanol–water partition coefficient (Wildman–Crippen LogP) is 8.82. The number of benzene rings is 3. The Morgan fingerprint density at radius 2 is 1.48 bits per heavy atom. The molecule has 1 aliphatic carbocycles. The van der Waals surface area contributed by atoms with Gasteiger partial charge in [0.25, 0.3) is 0 Å². The number of carbonyl (C=O) groups excluding carboxylic acids is 2. The van der Waals surface area contributed by atoms with E-state index in [1.807, 2.05) is 48.5 Å². The number of rotatable bonds is 12. The molecule has 3 aromatic carbocycles. The molecular weight excluding hydrogens is 494 g/mol. The van der Waals surface area contributed by atoms with Crippen LogP contribution in [0.2, 0.25) is 0 Å². The highest BCUT2D eigenvalue weighted by molar-refractivity contribution is 6.11. The second-order valence-electron chi connectivity index (χ2n) is 11.8. The molecular formula is C36H45NO3. The molecule has 1 aliphatic rings. The van der Waals surface area contributed by atoms with Gasteiger partial charge in [-0.05, 0) is 66.3 Å². The van der Waals surface area contributed by atoms with Crippen LogP contribution in [0.4, 0.5) is 5.69 Å². The summed E-state index contributed by atoms with van der Waals surface area (Å²) in [6.07, 6.45) is 5.84. The van der Waals surface area contributed by atoms with Gasteiger partial charge in [0.05, 0.1) is 17.9 Å². The second-order valence-corrected chi connectivity index (χ2v) is 11.8. The van der Waals surface area contributed by atoms with Crippen LogP contribution in [-0.2, 0) is 15.0 Å². The SMILES string of the molecule is CC(C)c1cccc(C(C)C)c1NC(=O)C1CCCC(CCCCCOc2ccccc2)(c2ccccc2)C1=O. The first kappa shape index (κ1) is 29.6. The maximum atomic E-state index is 14.3. The molecule has 1 amide bonds. The van der Waals surface area contributed by atoms with Crippen molar-refractivity contribution in [2.45, 2.75) is 89.9 Å². The van der Waals surface area contributed by atoms with E-state index in [0.29, 0.717) is 13.0 Å². The first-order valence-corrected chi connectivity index (χ1v) is 15.0. The van der Waals surface area contributed by atoms with Gasteiger partial charge in [-0.2, -0.15) is 0 Å². The maximum Gasteiger partial charge on any atom is 0.235 e. The molecule has 1 saturated carbocycles. The Morgan fingerprint density at radius 3 is 2.10 bits per heavy atom. The zero-order valence-corrected chi connectivity index (χ0v) is 24.6. The first-order chi connectivity index (χ1) is 19.3. The number of ether oxygens (including phenoxy) is 1. The highest BCUT2D eigenvalue weighted by atomic mass is 16.5. The third-order valence-electron chi connectivity index (χ3n) is 8.41. The molecule has 3 aromatic rings. The van der Waals surface area contributed by atoms with E-state index in [4.69, 9.17) is 4.74 Å². The lowest BCUT2D eigenvalue weighted by atomic mass is 9.62. The Bertz CT molecular complexity index is 1230. The van der Waals surface area contributed by atoms with Crippen LogP contribution >= 0.6 is 0 Å². The van der Waals surface area contributed by atoms with Gasteiger partial charge in [0.15, 0.2) is 5.78 Å². The molecule has 2 atom stereocenters. The van der Waals surface area contributed by atoms with E-state index in [0.717, 1.165) is 66.7 Å². The summed E-state index contributed by atoms with van der Waals surface area (Å²) >= 11 is 0. The summed E-state index contributed by atoms with van der Waals surface area (Å²) in [6.45, 7) is 9.24. The Morgan fingerprint density at radius 1 is 0.850 bits per heavy atom. The molecule has 0 aromatic heterocycles. The Hall–Kier alpha value is -3.40. The molecule has 2 unspecified atom stereocenters. The van der Waals surface area contributed by atoms with Gasteiger partial charge in [0, 0.05) is 5.69 Å². The van der Waals surface area contributed by atoms with Crippen molar-refractivity contribution in [2.24, 2.45) is 5.92 Å². The monoisotopic (exact) mass is 539 g/mol. The second kappa shape index (κ2) is 13.8. The average molecular weight is 540 g/mol. The van der Waals surface area contributed by atoms with E-state index < -0.39 is 11.3 Å². The van der Waals surface area contributed by atoms with Gasteiger partial charge in [0.1, 0.15) is 5.75 Å². The minimum Gasteiger partial charge on any atom is -0.494 e. The molecule has 40 heavy (non-hydrogen) atoms. The number of ketones is 1. The summed E-state index contributed by atoms with van der Waals surface area (Å²) in [7, 11) is 0. The Kier molecular flexibility index (Phi) is 10.2. The molecule has 1 fully saturated rings. The third-order valence-corrected chi connectivity index (χ3v) is 8.41. The van der Waals surface area contributed by atoms with E-state index in [1.165, 1.54) is 0 Å². The molecule has 0 aliphatic heterocycles. The Labute approximate surface area is 240 Å². The molecule has 0 spiro atoms. The zero-order chi connectivity index (χ0) is 28.5. The fraction of sp³-hybridized carbons (Fsp3) is 0.444. The molecule has 0 saturated heterocycles. The smallest absolute Gasteiger partial charge is 0.235 e. The molecule has 4 nitrogen and oxygen atoms in total. The predicted molar refractivity (Wildman–Crippen MR) is 164 cm³/mol. The van der Waals surface area contributed by atoms with Gasteiger partial charge in [-0.1, -0.05) is 114 Å². The standard InChI is InChI=1S/C36H45NO3/c1-26(2)30-20-14-21-31(27(3)4)33(30)37-35(39)32-22-15-24-36(34(32)38,28-16-8-5-9-17-28)23-12-7-13-25-40-29-18-10-6-11-19-29/h5-6,8-11,14,16-21,26-27,32H,7,12-13,15,22-25H2,1-4H3,(H,37,39). The minimum atomic E-state index is -0.643. The number of Topliss-reactive ketones (excluding diaryl/α,β-unsaturated/α-hetero) is 1. The topological polar surface area (TPSA) is 55.4 Å². The van der Waals surface area contributed by atoms with Crippen molar-refractivity contribution < 1.29 is 14.3 Å². The number of unbranched alkanes of at least 4 members (excludes halogenated alkanes) is 2. The van der Waals surface area contributed by atoms with Crippen LogP contribution in [0.15, 0.2) is 78.9 Å². The van der Waals surface area contributed by atoms with E-state index >= 15 is 0 Å². The van der Waals surface area contributed by atoms with Crippen LogP contribution in [-0.4, -0.2) is 18.3 Å². The molecule has 4 rings (SSSR count). The zero-order valence-electron chi connectivity index (χ0n) is 24.6. The summed E-state index contributed by atoms with van der Waals surface area (Å²) in [4.78, 5) is 28.2. The van der Waals surface area contributed by atoms with Crippen molar-refractivity contribution in [3.63, 3.8) is 0 Å². The van der Waals surface area contributed by atoms with E-state index in [-0.39, 0.29) is 23.5 Å². The van der Waals surface area contributed by atoms with Crippen molar-refractivity contribution in [3.8, 4) is 5.75 Å². The summed E-state index contributed by atoms with van der Waals surface area (Å²) < 4.78 is 5.87. The quantitative estimate of drug-likeness (QED) is 0.185. The van der Waals surface area contributed by atoms with Gasteiger partial charge < -0.3 is 10.1 Å². The largest absolute Gasteiger partial charge is 0.494 e. The highest BCUT2D eigenvalue weighted by Crippen LogP contribution is 2.44. The number of hydrogen-bond donors (Lipinski definition) is 1. The highest BCUT2D eigenvalue weighted by Gasteiger charge is 2.47. The summed E-state index contributed by atoms with van der Waals surface area (Å²) in [5, 5.41) is 3.25. The van der Waals surface area contributed by atoms with Gasteiger partial charge in [0.2, 0.25) is 5.91 Å². The van der Waals surface area contributed by atoms with Crippen LogP contribution in [0.5, 0.6) is 5.75 Å². The number of amides is 1. The van der Waals surface area contributed by atoms with Crippen molar-refractivity contribution >= 4 is 17.4 Å². The number of hydrogen-bond acceptors (Lipinski definition) is 3. The Balaban J connectivity index is 1.49. The van der Waals surface area contributed by atoms with Crippen molar-refractivity contribution in [3.05, 3.63) is 95.6 Å². The van der Waals surface area contributed by atoms with Crippen LogP contribution in [0.3, 0.4) is 0 Å². The fourth-order valence-electron chi connectivity index (χ4n) is 6.20. The first-order valence-electron chi connectivity index (χ1n) is 15.0. The number of carbonyl (C=O) groups is 2. The van der Waals surface area contributed by atoms with Crippen LogP contribution in [0, 0.1) is 5.92 Å². The third kappa shape index (κ3) is 6.83. The normalized spacial score (nSPS) is 19.1. The lowest BCUT2D eigenvalue weighted by Crippen LogP contribution is -2.47. The van der Waals surface area contributed by atoms with Gasteiger partial charge >= 0.3 is 0 Å². The van der Waals surface area contributed by atoms with E-state index in [2.05, 4.69) is 63.3 Å². The molecule has 4 heteroatoms. The minimum absolute atomic E-state index is 0.0797. The van der Waals surface area contributed by atoms with E-state index in [1.54, 1.807) is 0 Å². The lowest BCUT2D eigenvalue weighted by Gasteiger charge is -2.40. The lowest BCUT2D eigenvalue weighted by molar-refractivity contribution is -0.138. The van der Waals surface area contributed by atoms with Crippen LogP contribution in [0.25, 0.3) is 0 Å². The van der Waals surface area contributed by atoms with Crippen LogP contribution in [0.1, 0.15) is 101 Å². The molecule has 212 valence electrons. The summed E-state index contributed by atoms with van der Waals surface area (Å²) in [5.41, 5.74) is 3.55. The number of nitrogens with one attached hydrogen (secondary N) is 1.